The Morgan fingerprint density at radius 2 is 2.06 bits per heavy atom. The molecule has 2 unspecified atom stereocenters. The maximum absolute atomic E-state index is 12.8. The average molecular weight is 247 g/mol. The molecule has 0 bridgehead atoms. The topological polar surface area (TPSA) is 12.0 Å². The van der Waals surface area contributed by atoms with Crippen LogP contribution in [0.1, 0.15) is 31.7 Å². The van der Waals surface area contributed by atoms with Crippen LogP contribution in [0.2, 0.25) is 0 Å². The fourth-order valence-electron chi connectivity index (χ4n) is 2.46. The molecule has 1 aromatic rings. The predicted molar refractivity (Wildman–Crippen MR) is 74.0 cm³/mol. The molecule has 0 saturated carbocycles. The number of rotatable bonds is 5. The lowest BCUT2D eigenvalue weighted by atomic mass is 9.94. The number of hydrogen-bond acceptors (Lipinski definition) is 1. The van der Waals surface area contributed by atoms with Crippen molar-refractivity contribution in [1.82, 2.24) is 5.32 Å². The molecule has 0 spiro atoms. The maximum Gasteiger partial charge on any atom is 0.123 e. The highest BCUT2D eigenvalue weighted by Gasteiger charge is 2.11. The second-order valence-corrected chi connectivity index (χ2v) is 5.29. The van der Waals surface area contributed by atoms with Crippen LogP contribution >= 0.6 is 0 Å². The van der Waals surface area contributed by atoms with Gasteiger partial charge in [-0.1, -0.05) is 24.3 Å². The highest BCUT2D eigenvalue weighted by molar-refractivity contribution is 5.17. The molecule has 0 heterocycles. The third-order valence-electron chi connectivity index (χ3n) is 3.59. The molecule has 0 aliphatic heterocycles. The van der Waals surface area contributed by atoms with Crippen LogP contribution in [0.3, 0.4) is 0 Å². The van der Waals surface area contributed by atoms with E-state index >= 15 is 0 Å². The van der Waals surface area contributed by atoms with Gasteiger partial charge in [-0.05, 0) is 62.8 Å². The number of nitrogens with one attached hydrogen (secondary N) is 1. The first-order valence-corrected chi connectivity index (χ1v) is 6.87. The summed E-state index contributed by atoms with van der Waals surface area (Å²) in [5, 5.41) is 3.59. The van der Waals surface area contributed by atoms with Crippen LogP contribution in [0.4, 0.5) is 4.39 Å². The molecular formula is C16H22FN. The van der Waals surface area contributed by atoms with Gasteiger partial charge in [-0.2, -0.15) is 0 Å². The fraction of sp³-hybridized carbons (Fsp3) is 0.500. The SMILES string of the molecule is CC(Cc1ccc(F)cc1)NCC1CC=CCC1. The van der Waals surface area contributed by atoms with Crippen LogP contribution in [-0.4, -0.2) is 12.6 Å². The summed E-state index contributed by atoms with van der Waals surface area (Å²) in [4.78, 5) is 0. The van der Waals surface area contributed by atoms with Crippen molar-refractivity contribution >= 4 is 0 Å². The molecule has 2 atom stereocenters. The number of allylic oxidation sites excluding steroid dienone is 2. The van der Waals surface area contributed by atoms with E-state index in [9.17, 15) is 4.39 Å². The Morgan fingerprint density at radius 3 is 2.72 bits per heavy atom. The van der Waals surface area contributed by atoms with Crippen molar-refractivity contribution < 1.29 is 4.39 Å². The molecule has 1 nitrogen and oxygen atoms in total. The molecule has 18 heavy (non-hydrogen) atoms. The Labute approximate surface area is 109 Å². The first-order chi connectivity index (χ1) is 8.74. The van der Waals surface area contributed by atoms with Gasteiger partial charge in [0.2, 0.25) is 0 Å². The summed E-state index contributed by atoms with van der Waals surface area (Å²) >= 11 is 0. The average Bonchev–Trinajstić information content (AvgIpc) is 2.40. The van der Waals surface area contributed by atoms with Gasteiger partial charge in [0.1, 0.15) is 5.82 Å². The van der Waals surface area contributed by atoms with E-state index in [0.29, 0.717) is 6.04 Å². The molecule has 1 N–H and O–H groups in total. The van der Waals surface area contributed by atoms with Crippen LogP contribution in [0.5, 0.6) is 0 Å². The van der Waals surface area contributed by atoms with Crippen molar-refractivity contribution in [2.45, 2.75) is 38.6 Å². The van der Waals surface area contributed by atoms with Crippen LogP contribution < -0.4 is 5.32 Å². The second kappa shape index (κ2) is 6.69. The zero-order valence-electron chi connectivity index (χ0n) is 11.0. The summed E-state index contributed by atoms with van der Waals surface area (Å²) in [7, 11) is 0. The first kappa shape index (κ1) is 13.3. The highest BCUT2D eigenvalue weighted by Crippen LogP contribution is 2.17. The minimum absolute atomic E-state index is 0.159. The van der Waals surface area contributed by atoms with Crippen molar-refractivity contribution in [3.05, 3.63) is 47.8 Å². The van der Waals surface area contributed by atoms with Crippen molar-refractivity contribution in [3.63, 3.8) is 0 Å². The Morgan fingerprint density at radius 1 is 1.28 bits per heavy atom. The number of hydrogen-bond donors (Lipinski definition) is 1. The third-order valence-corrected chi connectivity index (χ3v) is 3.59. The van der Waals surface area contributed by atoms with Gasteiger partial charge in [0.25, 0.3) is 0 Å². The molecule has 1 aromatic carbocycles. The van der Waals surface area contributed by atoms with Gasteiger partial charge in [0, 0.05) is 6.04 Å². The largest absolute Gasteiger partial charge is 0.314 e. The molecule has 1 aliphatic carbocycles. The zero-order chi connectivity index (χ0) is 12.8. The Balaban J connectivity index is 1.73. The normalized spacial score (nSPS) is 20.9. The number of benzene rings is 1. The Bertz CT molecular complexity index is 383. The van der Waals surface area contributed by atoms with E-state index in [1.807, 2.05) is 12.1 Å². The van der Waals surface area contributed by atoms with E-state index in [4.69, 9.17) is 0 Å². The minimum atomic E-state index is -0.159. The van der Waals surface area contributed by atoms with Crippen LogP contribution in [-0.2, 0) is 6.42 Å². The minimum Gasteiger partial charge on any atom is -0.314 e. The van der Waals surface area contributed by atoms with Gasteiger partial charge in [-0.3, -0.25) is 0 Å². The van der Waals surface area contributed by atoms with Gasteiger partial charge in [-0.25, -0.2) is 4.39 Å². The van der Waals surface area contributed by atoms with E-state index in [1.165, 1.54) is 37.0 Å². The molecule has 0 aromatic heterocycles. The van der Waals surface area contributed by atoms with Gasteiger partial charge < -0.3 is 5.32 Å². The molecule has 0 fully saturated rings. The van der Waals surface area contributed by atoms with Crippen molar-refractivity contribution in [2.24, 2.45) is 5.92 Å². The van der Waals surface area contributed by atoms with E-state index in [-0.39, 0.29) is 5.82 Å². The standard InChI is InChI=1S/C16H22FN/c1-13(11-14-7-9-16(17)10-8-14)18-12-15-5-3-2-4-6-15/h2-3,7-10,13,15,18H,4-6,11-12H2,1H3. The summed E-state index contributed by atoms with van der Waals surface area (Å²) in [5.41, 5.74) is 1.19. The molecule has 2 rings (SSSR count). The van der Waals surface area contributed by atoms with Crippen molar-refractivity contribution in [3.8, 4) is 0 Å². The fourth-order valence-corrected chi connectivity index (χ4v) is 2.46. The maximum atomic E-state index is 12.8. The Kier molecular flexibility index (Phi) is 4.94. The van der Waals surface area contributed by atoms with Gasteiger partial charge in [0.05, 0.1) is 0 Å². The second-order valence-electron chi connectivity index (χ2n) is 5.29. The van der Waals surface area contributed by atoms with E-state index < -0.39 is 0 Å². The molecule has 0 radical (unpaired) electrons. The van der Waals surface area contributed by atoms with E-state index in [1.54, 1.807) is 0 Å². The lowest BCUT2D eigenvalue weighted by molar-refractivity contribution is 0.410. The van der Waals surface area contributed by atoms with Gasteiger partial charge in [0.15, 0.2) is 0 Å². The third kappa shape index (κ3) is 4.26. The summed E-state index contributed by atoms with van der Waals surface area (Å²) in [5.74, 6) is 0.624. The monoisotopic (exact) mass is 247 g/mol. The quantitative estimate of drug-likeness (QED) is 0.782. The molecule has 2 heteroatoms. The lowest BCUT2D eigenvalue weighted by Gasteiger charge is -2.21. The predicted octanol–water partition coefficient (Wildman–Crippen LogP) is 3.70. The summed E-state index contributed by atoms with van der Waals surface area (Å²) in [6, 6.07) is 7.26. The molecule has 98 valence electrons. The number of halogens is 1. The summed E-state index contributed by atoms with van der Waals surface area (Å²) in [6.45, 7) is 3.29. The molecule has 0 saturated heterocycles. The molecular weight excluding hydrogens is 225 g/mol. The highest BCUT2D eigenvalue weighted by atomic mass is 19.1. The van der Waals surface area contributed by atoms with Gasteiger partial charge >= 0.3 is 0 Å². The summed E-state index contributed by atoms with van der Waals surface area (Å²) < 4.78 is 12.8. The molecule has 0 amide bonds. The zero-order valence-corrected chi connectivity index (χ0v) is 11.0. The van der Waals surface area contributed by atoms with Gasteiger partial charge in [-0.15, -0.1) is 0 Å². The first-order valence-electron chi connectivity index (χ1n) is 6.87. The van der Waals surface area contributed by atoms with E-state index in [0.717, 1.165) is 18.9 Å². The van der Waals surface area contributed by atoms with Crippen LogP contribution in [0.15, 0.2) is 36.4 Å². The van der Waals surface area contributed by atoms with Crippen molar-refractivity contribution in [2.75, 3.05) is 6.54 Å². The van der Waals surface area contributed by atoms with E-state index in [2.05, 4.69) is 24.4 Å². The lowest BCUT2D eigenvalue weighted by Crippen LogP contribution is -2.33. The van der Waals surface area contributed by atoms with Crippen LogP contribution in [0.25, 0.3) is 0 Å². The van der Waals surface area contributed by atoms with Crippen molar-refractivity contribution in [1.29, 1.82) is 0 Å². The Hall–Kier alpha value is -1.15. The smallest absolute Gasteiger partial charge is 0.123 e. The van der Waals surface area contributed by atoms with Crippen LogP contribution in [0, 0.1) is 11.7 Å². The molecule has 1 aliphatic rings. The summed E-state index contributed by atoms with van der Waals surface area (Å²) in [6.07, 6.45) is 9.25.